The number of hydrogen-bond donors (Lipinski definition) is 2. The van der Waals surface area contributed by atoms with Crippen molar-refractivity contribution in [3.8, 4) is 5.75 Å². The number of alkyl halides is 3. The van der Waals surface area contributed by atoms with Gasteiger partial charge in [-0.1, -0.05) is 13.3 Å². The first-order valence-electron chi connectivity index (χ1n) is 6.28. The smallest absolute Gasteiger partial charge is 0.422 e. The number of halogens is 5. The second-order valence-electron chi connectivity index (χ2n) is 4.43. The second-order valence-corrected chi connectivity index (χ2v) is 4.43. The first kappa shape index (κ1) is 20.5. The lowest BCUT2D eigenvalue weighted by Gasteiger charge is -2.16. The maximum atomic E-state index is 13.1. The topological polar surface area (TPSA) is 64.4 Å². The molecule has 1 aromatic carbocycles. The molecule has 3 N–H and O–H groups in total. The van der Waals surface area contributed by atoms with Crippen LogP contribution in [0.4, 0.5) is 23.2 Å². The van der Waals surface area contributed by atoms with E-state index in [0.717, 1.165) is 18.2 Å². The van der Waals surface area contributed by atoms with Crippen LogP contribution in [0.1, 0.15) is 19.8 Å². The Kier molecular flexibility index (Phi) is 8.18. The van der Waals surface area contributed by atoms with Gasteiger partial charge in [-0.3, -0.25) is 4.79 Å². The van der Waals surface area contributed by atoms with Gasteiger partial charge in [-0.05, 0) is 18.6 Å². The summed E-state index contributed by atoms with van der Waals surface area (Å²) in [4.78, 5) is 11.7. The number of ether oxygens (including phenoxy) is 1. The zero-order valence-electron chi connectivity index (χ0n) is 11.7. The van der Waals surface area contributed by atoms with Crippen LogP contribution in [0.2, 0.25) is 0 Å². The lowest BCUT2D eigenvalue weighted by Crippen LogP contribution is -2.35. The maximum Gasteiger partial charge on any atom is 0.422 e. The maximum absolute atomic E-state index is 13.1. The molecule has 0 aliphatic carbocycles. The molecule has 0 fully saturated rings. The highest BCUT2D eigenvalue weighted by Gasteiger charge is 2.29. The molecule has 1 rings (SSSR count). The van der Waals surface area contributed by atoms with Crippen LogP contribution < -0.4 is 15.8 Å². The normalized spacial score (nSPS) is 12.3. The summed E-state index contributed by atoms with van der Waals surface area (Å²) in [5.74, 6) is -1.74. The molecule has 0 bridgehead atoms. The van der Waals surface area contributed by atoms with Crippen LogP contribution >= 0.6 is 12.4 Å². The average molecular weight is 345 g/mol. The highest BCUT2D eigenvalue weighted by atomic mass is 35.5. The summed E-state index contributed by atoms with van der Waals surface area (Å²) in [7, 11) is 0. The Morgan fingerprint density at radius 3 is 2.59 bits per heavy atom. The first-order chi connectivity index (χ1) is 9.73. The molecule has 0 heterocycles. The molecule has 0 aromatic heterocycles. The molecule has 9 heteroatoms. The van der Waals surface area contributed by atoms with Gasteiger partial charge in [0.05, 0.1) is 11.7 Å². The quantitative estimate of drug-likeness (QED) is 0.779. The van der Waals surface area contributed by atoms with E-state index in [9.17, 15) is 22.4 Å². The summed E-state index contributed by atoms with van der Waals surface area (Å²) in [6, 6.07) is 2.10. The minimum Gasteiger partial charge on any atom is -0.482 e. The average Bonchev–Trinajstić information content (AvgIpc) is 2.38. The fourth-order valence-electron chi connectivity index (χ4n) is 1.55. The van der Waals surface area contributed by atoms with Crippen LogP contribution in [0.5, 0.6) is 5.75 Å². The Morgan fingerprint density at radius 1 is 1.41 bits per heavy atom. The lowest BCUT2D eigenvalue weighted by atomic mass is 10.1. The van der Waals surface area contributed by atoms with E-state index in [4.69, 9.17) is 5.73 Å². The van der Waals surface area contributed by atoms with Crippen molar-refractivity contribution in [2.75, 3.05) is 11.9 Å². The number of carbonyl (C=O) groups excluding carboxylic acids is 1. The first-order valence-corrected chi connectivity index (χ1v) is 6.28. The van der Waals surface area contributed by atoms with Crippen molar-refractivity contribution in [2.45, 2.75) is 32.0 Å². The number of hydrogen-bond acceptors (Lipinski definition) is 3. The third-order valence-corrected chi connectivity index (χ3v) is 2.53. The van der Waals surface area contributed by atoms with E-state index in [1.165, 1.54) is 0 Å². The summed E-state index contributed by atoms with van der Waals surface area (Å²) in [5, 5.41) is 2.34. The molecule has 0 saturated carbocycles. The van der Waals surface area contributed by atoms with Gasteiger partial charge in [-0.2, -0.15) is 13.2 Å². The molecule has 1 aromatic rings. The second kappa shape index (κ2) is 8.79. The van der Waals surface area contributed by atoms with Gasteiger partial charge in [0.15, 0.2) is 6.61 Å². The summed E-state index contributed by atoms with van der Waals surface area (Å²) in [6.45, 7) is 0.253. The molecule has 22 heavy (non-hydrogen) atoms. The number of nitrogens with two attached hydrogens (primary N) is 1. The summed E-state index contributed by atoms with van der Waals surface area (Å²) >= 11 is 0. The molecule has 1 atom stereocenters. The van der Waals surface area contributed by atoms with Gasteiger partial charge in [0.25, 0.3) is 0 Å². The van der Waals surface area contributed by atoms with Crippen molar-refractivity contribution in [3.05, 3.63) is 24.0 Å². The van der Waals surface area contributed by atoms with Gasteiger partial charge in [0.1, 0.15) is 11.6 Å². The van der Waals surface area contributed by atoms with Crippen LogP contribution in [0.25, 0.3) is 0 Å². The van der Waals surface area contributed by atoms with E-state index in [1.807, 2.05) is 6.92 Å². The van der Waals surface area contributed by atoms with E-state index in [-0.39, 0.29) is 18.1 Å². The van der Waals surface area contributed by atoms with Gasteiger partial charge in [0.2, 0.25) is 5.91 Å². The highest BCUT2D eigenvalue weighted by Crippen LogP contribution is 2.27. The number of benzene rings is 1. The molecule has 126 valence electrons. The molecule has 0 aliphatic heterocycles. The number of carbonyl (C=O) groups is 1. The predicted molar refractivity (Wildman–Crippen MR) is 76.7 cm³/mol. The fraction of sp³-hybridized carbons (Fsp3) is 0.462. The Labute approximate surface area is 131 Å². The molecule has 4 nitrogen and oxygen atoms in total. The van der Waals surface area contributed by atoms with Crippen molar-refractivity contribution in [2.24, 2.45) is 5.73 Å². The van der Waals surface area contributed by atoms with Gasteiger partial charge < -0.3 is 15.8 Å². The predicted octanol–water partition coefficient (Wildman–Crippen LogP) is 3.25. The molecular formula is C13H17ClF4N2O2. The number of nitrogens with one attached hydrogen (secondary N) is 1. The van der Waals surface area contributed by atoms with Gasteiger partial charge in [-0.25, -0.2) is 4.39 Å². The van der Waals surface area contributed by atoms with Crippen LogP contribution in [0.3, 0.4) is 0 Å². The molecule has 0 saturated heterocycles. The monoisotopic (exact) mass is 344 g/mol. The zero-order chi connectivity index (χ0) is 16.0. The lowest BCUT2D eigenvalue weighted by molar-refractivity contribution is -0.153. The van der Waals surface area contributed by atoms with E-state index in [0.29, 0.717) is 12.8 Å². The molecule has 0 aliphatic rings. The minimum absolute atomic E-state index is 0. The summed E-state index contributed by atoms with van der Waals surface area (Å²) in [5.41, 5.74) is 5.53. The van der Waals surface area contributed by atoms with Crippen molar-refractivity contribution in [1.29, 1.82) is 0 Å². The summed E-state index contributed by atoms with van der Waals surface area (Å²) in [6.07, 6.45) is -3.46. The van der Waals surface area contributed by atoms with Gasteiger partial charge >= 0.3 is 6.18 Å². The fourth-order valence-corrected chi connectivity index (χ4v) is 1.55. The van der Waals surface area contributed by atoms with Crippen LogP contribution in [-0.4, -0.2) is 24.7 Å². The summed E-state index contributed by atoms with van der Waals surface area (Å²) < 4.78 is 54.0. The van der Waals surface area contributed by atoms with Gasteiger partial charge in [0, 0.05) is 6.07 Å². The Bertz CT molecular complexity index is 497. The highest BCUT2D eigenvalue weighted by molar-refractivity contribution is 5.95. The minimum atomic E-state index is -4.56. The largest absolute Gasteiger partial charge is 0.482 e. The molecule has 1 unspecified atom stereocenters. The molecular weight excluding hydrogens is 328 g/mol. The zero-order valence-corrected chi connectivity index (χ0v) is 12.6. The SMILES string of the molecule is CCCC(N)C(=O)Nc1ccc(F)cc1OCC(F)(F)F.Cl. The van der Waals surface area contributed by atoms with Crippen molar-refractivity contribution in [1.82, 2.24) is 0 Å². The number of rotatable bonds is 6. The van der Waals surface area contributed by atoms with Crippen LogP contribution in [0, 0.1) is 5.82 Å². The number of anilines is 1. The van der Waals surface area contributed by atoms with E-state index < -0.39 is 36.3 Å². The van der Waals surface area contributed by atoms with Crippen molar-refractivity contribution < 1.29 is 27.1 Å². The standard InChI is InChI=1S/C13H16F4N2O2.ClH/c1-2-3-9(18)12(20)19-10-5-4-8(14)6-11(10)21-7-13(15,16)17;/h4-6,9H,2-3,7,18H2,1H3,(H,19,20);1H. The van der Waals surface area contributed by atoms with Gasteiger partial charge in [-0.15, -0.1) is 12.4 Å². The Hall–Kier alpha value is -1.54. The number of amides is 1. The molecule has 0 radical (unpaired) electrons. The van der Waals surface area contributed by atoms with Crippen LogP contribution in [0.15, 0.2) is 18.2 Å². The third-order valence-electron chi connectivity index (χ3n) is 2.53. The molecule has 1 amide bonds. The van der Waals surface area contributed by atoms with Crippen molar-refractivity contribution >= 4 is 24.0 Å². The molecule has 0 spiro atoms. The Morgan fingerprint density at radius 2 is 2.05 bits per heavy atom. The van der Waals surface area contributed by atoms with E-state index >= 15 is 0 Å². The van der Waals surface area contributed by atoms with Crippen molar-refractivity contribution in [3.63, 3.8) is 0 Å². The van der Waals surface area contributed by atoms with E-state index in [1.54, 1.807) is 0 Å². The third kappa shape index (κ3) is 6.95. The Balaban J connectivity index is 0.00000441. The van der Waals surface area contributed by atoms with E-state index in [2.05, 4.69) is 10.1 Å². The van der Waals surface area contributed by atoms with Crippen LogP contribution in [-0.2, 0) is 4.79 Å².